The Balaban J connectivity index is 3.90. The van der Waals surface area contributed by atoms with Crippen LogP contribution in [-0.4, -0.2) is 47.4 Å². The highest BCUT2D eigenvalue weighted by molar-refractivity contribution is 7.88. The van der Waals surface area contributed by atoms with Crippen molar-refractivity contribution in [3.63, 3.8) is 0 Å². The number of ether oxygens (including phenoxy) is 2. The Bertz CT molecular complexity index is 319. The number of nitrogens with two attached hydrogens (primary N) is 1. The van der Waals surface area contributed by atoms with E-state index in [0.29, 0.717) is 13.0 Å². The highest BCUT2D eigenvalue weighted by atomic mass is 32.2. The van der Waals surface area contributed by atoms with Gasteiger partial charge < -0.3 is 15.2 Å². The number of rotatable bonds is 8. The largest absolute Gasteiger partial charge is 0.449 e. The summed E-state index contributed by atoms with van der Waals surface area (Å²) in [6, 6.07) is -0.259. The lowest BCUT2D eigenvalue weighted by atomic mass is 10.2. The number of hydrogen-bond acceptors (Lipinski definition) is 6. The molecule has 0 saturated carbocycles. The molecule has 0 aromatic rings. The van der Waals surface area contributed by atoms with Gasteiger partial charge in [-0.3, -0.25) is 0 Å². The molecule has 102 valence electrons. The maximum absolute atomic E-state index is 11.3. The van der Waals surface area contributed by atoms with Crippen molar-refractivity contribution in [2.75, 3.05) is 26.9 Å². The molecule has 0 spiro atoms. The molecule has 8 nitrogen and oxygen atoms in total. The molecule has 1 atom stereocenters. The van der Waals surface area contributed by atoms with Crippen LogP contribution in [-0.2, 0) is 19.7 Å². The van der Waals surface area contributed by atoms with E-state index >= 15 is 0 Å². The van der Waals surface area contributed by atoms with E-state index < -0.39 is 16.3 Å². The van der Waals surface area contributed by atoms with Crippen LogP contribution in [0, 0.1) is 0 Å². The van der Waals surface area contributed by atoms with Gasteiger partial charge in [0.25, 0.3) is 0 Å². The van der Waals surface area contributed by atoms with Gasteiger partial charge >= 0.3 is 16.3 Å². The van der Waals surface area contributed by atoms with Crippen LogP contribution in [0.3, 0.4) is 0 Å². The molecule has 0 rings (SSSR count). The lowest BCUT2D eigenvalue weighted by Crippen LogP contribution is -2.42. The predicted octanol–water partition coefficient (Wildman–Crippen LogP) is -1.07. The standard InChI is InChI=1S/C8H19N3O5S/c1-3-16-8(12)11-17(13,14)10-5-4-7(9)6-15-2/h7,10H,3-6,9H2,1-2H3,(H,11,12). The van der Waals surface area contributed by atoms with Crippen LogP contribution in [0.2, 0.25) is 0 Å². The quantitative estimate of drug-likeness (QED) is 0.516. The number of carbonyl (C=O) groups excluding carboxylic acids is 1. The smallest absolute Gasteiger partial charge is 0.421 e. The van der Waals surface area contributed by atoms with Gasteiger partial charge in [0, 0.05) is 19.7 Å². The molecule has 9 heteroatoms. The van der Waals surface area contributed by atoms with Crippen molar-refractivity contribution in [2.45, 2.75) is 19.4 Å². The van der Waals surface area contributed by atoms with Gasteiger partial charge in [0.05, 0.1) is 13.2 Å². The molecule has 0 aromatic heterocycles. The van der Waals surface area contributed by atoms with Crippen LogP contribution in [0.4, 0.5) is 4.79 Å². The maximum Gasteiger partial charge on any atom is 0.421 e. The van der Waals surface area contributed by atoms with E-state index in [2.05, 4.69) is 9.46 Å². The summed E-state index contributed by atoms with van der Waals surface area (Å²) in [4.78, 5) is 10.9. The first-order valence-electron chi connectivity index (χ1n) is 5.10. The van der Waals surface area contributed by atoms with Crippen molar-refractivity contribution in [1.82, 2.24) is 9.44 Å². The number of carbonyl (C=O) groups is 1. The van der Waals surface area contributed by atoms with Gasteiger partial charge in [-0.2, -0.15) is 13.1 Å². The molecular formula is C8H19N3O5S. The Morgan fingerprint density at radius 3 is 2.65 bits per heavy atom. The van der Waals surface area contributed by atoms with Crippen LogP contribution in [0.5, 0.6) is 0 Å². The van der Waals surface area contributed by atoms with E-state index in [4.69, 9.17) is 10.5 Å². The van der Waals surface area contributed by atoms with Gasteiger partial charge in [-0.25, -0.2) is 9.52 Å². The highest BCUT2D eigenvalue weighted by Crippen LogP contribution is 1.89. The average Bonchev–Trinajstić information content (AvgIpc) is 2.16. The average molecular weight is 269 g/mol. The number of amides is 1. The van der Waals surface area contributed by atoms with Crippen molar-refractivity contribution >= 4 is 16.3 Å². The molecule has 0 aromatic carbocycles. The minimum atomic E-state index is -3.88. The number of nitrogens with one attached hydrogen (secondary N) is 2. The zero-order valence-electron chi connectivity index (χ0n) is 9.93. The molecule has 0 radical (unpaired) electrons. The zero-order chi connectivity index (χ0) is 13.3. The maximum atomic E-state index is 11.3. The third kappa shape index (κ3) is 8.86. The van der Waals surface area contributed by atoms with E-state index in [1.807, 2.05) is 0 Å². The lowest BCUT2D eigenvalue weighted by molar-refractivity contribution is 0.158. The van der Waals surface area contributed by atoms with Gasteiger partial charge in [-0.1, -0.05) is 0 Å². The summed E-state index contributed by atoms with van der Waals surface area (Å²) in [6.45, 7) is 2.12. The van der Waals surface area contributed by atoms with Crippen molar-refractivity contribution < 1.29 is 22.7 Å². The molecule has 0 aliphatic rings. The second-order valence-corrected chi connectivity index (χ2v) is 4.72. The lowest BCUT2D eigenvalue weighted by Gasteiger charge is -2.11. The van der Waals surface area contributed by atoms with Gasteiger partial charge in [-0.15, -0.1) is 0 Å². The van der Waals surface area contributed by atoms with E-state index in [-0.39, 0.29) is 19.2 Å². The zero-order valence-corrected chi connectivity index (χ0v) is 10.7. The van der Waals surface area contributed by atoms with Gasteiger partial charge in [0.1, 0.15) is 0 Å². The summed E-state index contributed by atoms with van der Waals surface area (Å²) in [5, 5.41) is 0. The molecule has 0 saturated heterocycles. The van der Waals surface area contributed by atoms with Crippen LogP contribution in [0.15, 0.2) is 0 Å². The van der Waals surface area contributed by atoms with Crippen molar-refractivity contribution in [1.29, 1.82) is 0 Å². The first kappa shape index (κ1) is 16.1. The third-order valence-electron chi connectivity index (χ3n) is 1.68. The van der Waals surface area contributed by atoms with Crippen LogP contribution < -0.4 is 15.2 Å². The summed E-state index contributed by atoms with van der Waals surface area (Å²) in [5.74, 6) is 0. The Morgan fingerprint density at radius 2 is 2.12 bits per heavy atom. The van der Waals surface area contributed by atoms with Crippen LogP contribution in [0.1, 0.15) is 13.3 Å². The van der Waals surface area contributed by atoms with E-state index in [1.54, 1.807) is 11.6 Å². The van der Waals surface area contributed by atoms with Crippen molar-refractivity contribution in [2.24, 2.45) is 5.73 Å². The normalized spacial score (nSPS) is 13.1. The van der Waals surface area contributed by atoms with Crippen molar-refractivity contribution in [3.8, 4) is 0 Å². The van der Waals surface area contributed by atoms with Crippen LogP contribution >= 0.6 is 0 Å². The SMILES string of the molecule is CCOC(=O)NS(=O)(=O)NCCC(N)COC. The fourth-order valence-corrected chi connectivity index (χ4v) is 1.72. The summed E-state index contributed by atoms with van der Waals surface area (Å²) in [5.41, 5.74) is 5.59. The molecular weight excluding hydrogens is 250 g/mol. The van der Waals surface area contributed by atoms with Crippen LogP contribution in [0.25, 0.3) is 0 Å². The summed E-state index contributed by atoms with van der Waals surface area (Å²) >= 11 is 0. The van der Waals surface area contributed by atoms with E-state index in [9.17, 15) is 13.2 Å². The molecule has 1 unspecified atom stereocenters. The van der Waals surface area contributed by atoms with Gasteiger partial charge in [0.2, 0.25) is 0 Å². The van der Waals surface area contributed by atoms with E-state index in [1.165, 1.54) is 7.11 Å². The predicted molar refractivity (Wildman–Crippen MR) is 61.5 cm³/mol. The first-order valence-corrected chi connectivity index (χ1v) is 6.58. The Labute approximate surface area is 101 Å². The molecule has 0 aliphatic heterocycles. The second kappa shape index (κ2) is 8.23. The molecule has 1 amide bonds. The second-order valence-electron chi connectivity index (χ2n) is 3.22. The molecule has 0 heterocycles. The number of hydrogen-bond donors (Lipinski definition) is 3. The van der Waals surface area contributed by atoms with Gasteiger partial charge in [-0.05, 0) is 13.3 Å². The fourth-order valence-electron chi connectivity index (χ4n) is 0.982. The third-order valence-corrected chi connectivity index (χ3v) is 2.70. The first-order chi connectivity index (χ1) is 7.91. The highest BCUT2D eigenvalue weighted by Gasteiger charge is 2.14. The monoisotopic (exact) mass is 269 g/mol. The molecule has 4 N–H and O–H groups in total. The summed E-state index contributed by atoms with van der Waals surface area (Å²) in [6.07, 6.45) is -0.612. The minimum Gasteiger partial charge on any atom is -0.449 e. The summed E-state index contributed by atoms with van der Waals surface area (Å²) in [7, 11) is -2.38. The topological polar surface area (TPSA) is 120 Å². The van der Waals surface area contributed by atoms with Gasteiger partial charge in [0.15, 0.2) is 0 Å². The van der Waals surface area contributed by atoms with E-state index in [0.717, 1.165) is 0 Å². The fraction of sp³-hybridized carbons (Fsp3) is 0.875. The Hall–Kier alpha value is -0.900. The van der Waals surface area contributed by atoms with Crippen molar-refractivity contribution in [3.05, 3.63) is 0 Å². The molecule has 17 heavy (non-hydrogen) atoms. The molecule has 0 bridgehead atoms. The summed E-state index contributed by atoms with van der Waals surface area (Å²) < 4.78 is 35.6. The Kier molecular flexibility index (Phi) is 7.79. The minimum absolute atomic E-state index is 0.0973. The molecule has 0 aliphatic carbocycles. The Morgan fingerprint density at radius 1 is 1.47 bits per heavy atom. The molecule has 0 fully saturated rings. The number of methoxy groups -OCH3 is 1.